The third-order valence-electron chi connectivity index (χ3n) is 3.58. The van der Waals surface area contributed by atoms with E-state index >= 15 is 0 Å². The van der Waals surface area contributed by atoms with Gasteiger partial charge in [0.05, 0.1) is 15.2 Å². The van der Waals surface area contributed by atoms with E-state index < -0.39 is 24.4 Å². The molecule has 138 valence electrons. The fraction of sp³-hybridized carbons (Fsp3) is 0.0556. The lowest BCUT2D eigenvalue weighted by molar-refractivity contribution is -0.139. The maximum atomic E-state index is 12.6. The minimum Gasteiger partial charge on any atom is -0.479 e. The standard InChI is InChI=1S/C18H12BrClN2O5/c19-13-7-10(8-14(20)16(13)27-9-15(23)24)6-12-17(25)21-22(18(12)26)11-4-2-1-3-5-11/h1-8H,9H2,(H,21,25)(H,23,24)/b12-6-. The van der Waals surface area contributed by atoms with Crippen molar-refractivity contribution in [2.24, 2.45) is 0 Å². The van der Waals surface area contributed by atoms with Crippen molar-refractivity contribution in [1.29, 1.82) is 0 Å². The van der Waals surface area contributed by atoms with Gasteiger partial charge in [0.2, 0.25) is 0 Å². The first-order valence-corrected chi connectivity index (χ1v) is 8.79. The number of nitrogens with one attached hydrogen (secondary N) is 1. The highest BCUT2D eigenvalue weighted by Gasteiger charge is 2.34. The van der Waals surface area contributed by atoms with Gasteiger partial charge in [-0.1, -0.05) is 29.8 Å². The monoisotopic (exact) mass is 450 g/mol. The highest BCUT2D eigenvalue weighted by atomic mass is 79.9. The number of amides is 2. The predicted octanol–water partition coefficient (Wildman–Crippen LogP) is 3.03. The number of hydrogen-bond donors (Lipinski definition) is 2. The first kappa shape index (κ1) is 18.9. The summed E-state index contributed by atoms with van der Waals surface area (Å²) in [5.41, 5.74) is 3.46. The molecule has 3 rings (SSSR count). The summed E-state index contributed by atoms with van der Waals surface area (Å²) in [7, 11) is 0. The highest BCUT2D eigenvalue weighted by Crippen LogP contribution is 2.35. The molecule has 0 bridgehead atoms. The molecular weight excluding hydrogens is 440 g/mol. The first-order valence-electron chi connectivity index (χ1n) is 7.62. The average molecular weight is 452 g/mol. The van der Waals surface area contributed by atoms with Crippen molar-refractivity contribution in [3.05, 3.63) is 63.1 Å². The lowest BCUT2D eigenvalue weighted by Crippen LogP contribution is -2.35. The van der Waals surface area contributed by atoms with Gasteiger partial charge in [-0.2, -0.15) is 0 Å². The number of carbonyl (C=O) groups excluding carboxylic acids is 2. The van der Waals surface area contributed by atoms with Gasteiger partial charge in [0.25, 0.3) is 11.8 Å². The van der Waals surface area contributed by atoms with Crippen LogP contribution in [0.3, 0.4) is 0 Å². The van der Waals surface area contributed by atoms with Crippen molar-refractivity contribution in [3.63, 3.8) is 0 Å². The van der Waals surface area contributed by atoms with Gasteiger partial charge >= 0.3 is 5.97 Å². The van der Waals surface area contributed by atoms with E-state index in [0.717, 1.165) is 5.01 Å². The Balaban J connectivity index is 1.89. The molecule has 0 atom stereocenters. The summed E-state index contributed by atoms with van der Waals surface area (Å²) < 4.78 is 5.51. The van der Waals surface area contributed by atoms with Crippen molar-refractivity contribution in [2.75, 3.05) is 11.6 Å². The topological polar surface area (TPSA) is 95.9 Å². The second-order valence-corrected chi connectivity index (χ2v) is 6.73. The molecule has 2 aromatic carbocycles. The van der Waals surface area contributed by atoms with E-state index in [0.29, 0.717) is 15.7 Å². The summed E-state index contributed by atoms with van der Waals surface area (Å²) in [6.45, 7) is -0.550. The van der Waals surface area contributed by atoms with Crippen LogP contribution in [0.2, 0.25) is 5.02 Å². The Bertz CT molecular complexity index is 938. The van der Waals surface area contributed by atoms with E-state index in [9.17, 15) is 14.4 Å². The van der Waals surface area contributed by atoms with Crippen LogP contribution in [-0.4, -0.2) is 29.5 Å². The fourth-order valence-electron chi connectivity index (χ4n) is 2.42. The molecule has 1 aliphatic rings. The van der Waals surface area contributed by atoms with Gasteiger partial charge in [-0.15, -0.1) is 0 Å². The van der Waals surface area contributed by atoms with Crippen LogP contribution >= 0.6 is 27.5 Å². The van der Waals surface area contributed by atoms with E-state index in [1.54, 1.807) is 36.4 Å². The lowest BCUT2D eigenvalue weighted by Gasteiger charge is -2.13. The van der Waals surface area contributed by atoms with Gasteiger partial charge in [0, 0.05) is 0 Å². The molecule has 2 amide bonds. The zero-order chi connectivity index (χ0) is 19.6. The number of carboxylic acid groups (broad SMARTS) is 1. The molecule has 0 aromatic heterocycles. The molecule has 9 heteroatoms. The molecule has 1 aliphatic heterocycles. The molecule has 0 aliphatic carbocycles. The van der Waals surface area contributed by atoms with Crippen LogP contribution in [0, 0.1) is 0 Å². The normalized spacial score (nSPS) is 15.2. The minimum absolute atomic E-state index is 0.0546. The van der Waals surface area contributed by atoms with Crippen molar-refractivity contribution in [3.8, 4) is 5.75 Å². The zero-order valence-corrected chi connectivity index (χ0v) is 16.0. The summed E-state index contributed by atoms with van der Waals surface area (Å²) >= 11 is 9.38. The Morgan fingerprint density at radius 3 is 2.59 bits per heavy atom. The molecule has 2 N–H and O–H groups in total. The summed E-state index contributed by atoms with van der Waals surface area (Å²) in [6, 6.07) is 11.7. The molecule has 7 nitrogen and oxygen atoms in total. The van der Waals surface area contributed by atoms with Gasteiger partial charge in [-0.05, 0) is 51.8 Å². The summed E-state index contributed by atoms with van der Waals surface area (Å²) in [4.78, 5) is 35.4. The fourth-order valence-corrected chi connectivity index (χ4v) is 3.41. The Kier molecular flexibility index (Phi) is 5.48. The zero-order valence-electron chi connectivity index (χ0n) is 13.6. The number of carbonyl (C=O) groups is 3. The van der Waals surface area contributed by atoms with Crippen LogP contribution in [-0.2, 0) is 14.4 Å². The van der Waals surface area contributed by atoms with E-state index in [1.807, 2.05) is 0 Å². The summed E-state index contributed by atoms with van der Waals surface area (Å²) in [5.74, 6) is -2.01. The van der Waals surface area contributed by atoms with Crippen molar-refractivity contribution >= 4 is 57.1 Å². The largest absolute Gasteiger partial charge is 0.479 e. The molecule has 0 radical (unpaired) electrons. The Hall–Kier alpha value is -2.84. The molecule has 0 saturated carbocycles. The number of hydrazine groups is 1. The number of halogens is 2. The van der Waals surface area contributed by atoms with Crippen LogP contribution < -0.4 is 15.2 Å². The first-order chi connectivity index (χ1) is 12.9. The summed E-state index contributed by atoms with van der Waals surface area (Å²) in [6.07, 6.45) is 1.40. The highest BCUT2D eigenvalue weighted by molar-refractivity contribution is 9.10. The van der Waals surface area contributed by atoms with Gasteiger partial charge < -0.3 is 9.84 Å². The number of carboxylic acids is 1. The van der Waals surface area contributed by atoms with Crippen molar-refractivity contribution < 1.29 is 24.2 Å². The number of aliphatic carboxylic acids is 1. The van der Waals surface area contributed by atoms with Gasteiger partial charge in [0.15, 0.2) is 12.4 Å². The molecule has 1 heterocycles. The maximum Gasteiger partial charge on any atom is 0.341 e. The quantitative estimate of drug-likeness (QED) is 0.538. The number of para-hydroxylation sites is 1. The van der Waals surface area contributed by atoms with E-state index in [1.165, 1.54) is 12.1 Å². The number of benzene rings is 2. The number of ether oxygens (including phenoxy) is 1. The molecule has 1 saturated heterocycles. The van der Waals surface area contributed by atoms with Crippen LogP contribution in [0.1, 0.15) is 5.56 Å². The van der Waals surface area contributed by atoms with Gasteiger partial charge in [-0.3, -0.25) is 15.0 Å². The van der Waals surface area contributed by atoms with E-state index in [-0.39, 0.29) is 16.3 Å². The molecule has 27 heavy (non-hydrogen) atoms. The Morgan fingerprint density at radius 1 is 1.26 bits per heavy atom. The van der Waals surface area contributed by atoms with Crippen LogP contribution in [0.15, 0.2) is 52.5 Å². The summed E-state index contributed by atoms with van der Waals surface area (Å²) in [5, 5.41) is 10.0. The van der Waals surface area contributed by atoms with Crippen molar-refractivity contribution in [2.45, 2.75) is 0 Å². The van der Waals surface area contributed by atoms with Crippen LogP contribution in [0.5, 0.6) is 5.75 Å². The average Bonchev–Trinajstić information content (AvgIpc) is 2.90. The number of anilines is 1. The van der Waals surface area contributed by atoms with Gasteiger partial charge in [0.1, 0.15) is 5.57 Å². The SMILES string of the molecule is O=C(O)COc1c(Cl)cc(/C=C2/C(=O)NN(c3ccccc3)C2=O)cc1Br. The smallest absolute Gasteiger partial charge is 0.341 e. The van der Waals surface area contributed by atoms with E-state index in [4.69, 9.17) is 21.4 Å². The maximum absolute atomic E-state index is 12.6. The van der Waals surface area contributed by atoms with Gasteiger partial charge in [-0.25, -0.2) is 9.80 Å². The second-order valence-electron chi connectivity index (χ2n) is 5.47. The van der Waals surface area contributed by atoms with E-state index in [2.05, 4.69) is 21.4 Å². The third kappa shape index (κ3) is 4.12. The van der Waals surface area contributed by atoms with Crippen LogP contribution in [0.4, 0.5) is 5.69 Å². The van der Waals surface area contributed by atoms with Crippen LogP contribution in [0.25, 0.3) is 6.08 Å². The number of rotatable bonds is 5. The molecule has 0 unspecified atom stereocenters. The molecule has 0 spiro atoms. The molecule has 2 aromatic rings. The third-order valence-corrected chi connectivity index (χ3v) is 4.45. The predicted molar refractivity (Wildman–Crippen MR) is 102 cm³/mol. The Morgan fingerprint density at radius 2 is 1.96 bits per heavy atom. The molecule has 1 fully saturated rings. The minimum atomic E-state index is -1.14. The Labute approximate surface area is 167 Å². The second kappa shape index (κ2) is 7.81. The lowest BCUT2D eigenvalue weighted by atomic mass is 10.1. The molecular formula is C18H12BrClN2O5. The van der Waals surface area contributed by atoms with Crippen molar-refractivity contribution in [1.82, 2.24) is 5.43 Å². The number of nitrogens with zero attached hydrogens (tertiary/aromatic N) is 1. The number of hydrogen-bond acceptors (Lipinski definition) is 4.